The van der Waals surface area contributed by atoms with E-state index in [1.54, 1.807) is 19.5 Å². The van der Waals surface area contributed by atoms with Crippen molar-refractivity contribution in [1.82, 2.24) is 4.98 Å². The van der Waals surface area contributed by atoms with Crippen molar-refractivity contribution in [2.24, 2.45) is 4.99 Å². The van der Waals surface area contributed by atoms with Gasteiger partial charge in [-0.15, -0.1) is 0 Å². The van der Waals surface area contributed by atoms with Gasteiger partial charge in [-0.05, 0) is 62.9 Å². The number of rotatable bonds is 5. The van der Waals surface area contributed by atoms with E-state index in [0.29, 0.717) is 5.15 Å². The van der Waals surface area contributed by atoms with E-state index >= 15 is 0 Å². The Kier molecular flexibility index (Phi) is 16.3. The van der Waals surface area contributed by atoms with E-state index in [9.17, 15) is 0 Å². The summed E-state index contributed by atoms with van der Waals surface area (Å²) >= 11 is 7.53. The predicted octanol–water partition coefficient (Wildman–Crippen LogP) is 7.71. The number of aryl methyl sites for hydroxylation is 1. The number of halogens is 2. The number of ether oxygens (including phenoxy) is 1. The Labute approximate surface area is 203 Å². The molecule has 168 valence electrons. The Bertz CT molecular complexity index is 784. The van der Waals surface area contributed by atoms with Crippen LogP contribution in [0.15, 0.2) is 47.2 Å². The van der Waals surface area contributed by atoms with Gasteiger partial charge < -0.3 is 12.2 Å². The molecule has 0 saturated carbocycles. The molecule has 0 bridgehead atoms. The van der Waals surface area contributed by atoms with Crippen molar-refractivity contribution in [2.75, 3.05) is 7.11 Å². The van der Waals surface area contributed by atoms with E-state index in [-0.39, 0.29) is 7.43 Å². The number of allylic oxidation sites excluding steroid dienone is 1. The van der Waals surface area contributed by atoms with Crippen LogP contribution in [-0.4, -0.2) is 18.3 Å². The summed E-state index contributed by atoms with van der Waals surface area (Å²) in [5.41, 5.74) is 5.22. The first-order valence-corrected chi connectivity index (χ1v) is 13.2. The van der Waals surface area contributed by atoms with Crippen molar-refractivity contribution in [1.29, 1.82) is 0 Å². The Morgan fingerprint density at radius 2 is 1.63 bits per heavy atom. The zero-order valence-electron chi connectivity index (χ0n) is 19.5. The normalized spacial score (nSPS) is 12.7. The monoisotopic (exact) mass is 623 g/mol. The Balaban J connectivity index is 0. The molecule has 1 atom stereocenters. The second kappa shape index (κ2) is 15.7. The van der Waals surface area contributed by atoms with Crippen LogP contribution in [0.2, 0.25) is 5.15 Å². The fourth-order valence-electron chi connectivity index (χ4n) is 3.28. The van der Waals surface area contributed by atoms with Crippen LogP contribution >= 0.6 is 21.1 Å². The van der Waals surface area contributed by atoms with Gasteiger partial charge in [0, 0.05) is 25.1 Å². The van der Waals surface area contributed by atoms with E-state index in [2.05, 4.69) is 36.0 Å². The molecule has 1 aromatic carbocycles. The molecule has 1 aromatic heterocycles. The molecule has 0 aliphatic rings. The number of nitrogens with zero attached hydrogens (tertiary/aromatic N) is 2. The fraction of sp³-hybridized carbons (Fsp3) is 0.375. The van der Waals surface area contributed by atoms with Crippen LogP contribution in [0.5, 0.6) is 0 Å². The van der Waals surface area contributed by atoms with Crippen molar-refractivity contribution < 1.29 is 22.9 Å². The topological polar surface area (TPSA) is 34.5 Å². The van der Waals surface area contributed by atoms with E-state index in [0.717, 1.165) is 22.4 Å². The molecule has 30 heavy (non-hydrogen) atoms. The molecule has 0 aliphatic heterocycles. The number of pyridine rings is 1. The van der Waals surface area contributed by atoms with Crippen LogP contribution in [0.4, 0.5) is 0 Å². The maximum absolute atomic E-state index is 6.34. The van der Waals surface area contributed by atoms with Gasteiger partial charge in [0.25, 0.3) is 0 Å². The van der Waals surface area contributed by atoms with Gasteiger partial charge in [-0.25, -0.2) is 4.98 Å². The molecule has 1 unspecified atom stereocenters. The SMILES string of the molecule is CC.CC=N/C(=C\C)C(OC)(c1cccc(C)c1C)c1ccnc(Cl)c1C.[CH3-].[Cl][Re]. The van der Waals surface area contributed by atoms with Crippen LogP contribution in [0, 0.1) is 28.2 Å². The summed E-state index contributed by atoms with van der Waals surface area (Å²) in [4.78, 5) is 8.83. The second-order valence-electron chi connectivity index (χ2n) is 5.97. The molecule has 0 N–H and O–H groups in total. The van der Waals surface area contributed by atoms with Gasteiger partial charge in [0.2, 0.25) is 0 Å². The Hall–Kier alpha value is -1.02. The van der Waals surface area contributed by atoms with Crippen molar-refractivity contribution >= 4 is 27.3 Å². The molecule has 6 heteroatoms. The second-order valence-corrected chi connectivity index (χ2v) is 6.33. The van der Waals surface area contributed by atoms with E-state index < -0.39 is 5.60 Å². The van der Waals surface area contributed by atoms with Gasteiger partial charge in [-0.2, -0.15) is 0 Å². The zero-order chi connectivity index (χ0) is 22.6. The van der Waals surface area contributed by atoms with Crippen LogP contribution in [0.1, 0.15) is 55.5 Å². The first-order chi connectivity index (χ1) is 13.9. The molecule has 0 fully saturated rings. The summed E-state index contributed by atoms with van der Waals surface area (Å²) in [7, 11) is 6.41. The maximum atomic E-state index is 6.34. The zero-order valence-corrected chi connectivity index (χ0v) is 23.7. The number of hydrogen-bond donors (Lipinski definition) is 0. The van der Waals surface area contributed by atoms with Gasteiger partial charge in [0.05, 0.1) is 5.70 Å². The van der Waals surface area contributed by atoms with E-state index in [4.69, 9.17) is 25.9 Å². The molecular weight excluding hydrogens is 589 g/mol. The summed E-state index contributed by atoms with van der Waals surface area (Å²) in [5, 5.41) is 0.472. The number of aromatic nitrogens is 1. The molecule has 2 rings (SSSR count). The molecule has 0 saturated heterocycles. The molecule has 2 aromatic rings. The quantitative estimate of drug-likeness (QED) is 0.194. The van der Waals surface area contributed by atoms with Crippen molar-refractivity contribution in [3.05, 3.63) is 82.6 Å². The third-order valence-electron chi connectivity index (χ3n) is 4.71. The average Bonchev–Trinajstić information content (AvgIpc) is 2.76. The first kappa shape index (κ1) is 31.2. The molecule has 3 nitrogen and oxygen atoms in total. The minimum atomic E-state index is -0.853. The molecule has 0 amide bonds. The number of benzene rings is 1. The van der Waals surface area contributed by atoms with Gasteiger partial charge in [0.1, 0.15) is 5.15 Å². The van der Waals surface area contributed by atoms with E-state index in [1.807, 2.05) is 52.8 Å². The molecule has 0 aliphatic carbocycles. The van der Waals surface area contributed by atoms with Crippen LogP contribution in [0.3, 0.4) is 0 Å². The van der Waals surface area contributed by atoms with Crippen molar-refractivity contribution in [3.8, 4) is 0 Å². The molecular formula is C24H34Cl2N2ORe-. The third-order valence-corrected chi connectivity index (χ3v) is 5.10. The average molecular weight is 624 g/mol. The van der Waals surface area contributed by atoms with Gasteiger partial charge in [-0.1, -0.05) is 49.7 Å². The van der Waals surface area contributed by atoms with Gasteiger partial charge in [-0.3, -0.25) is 4.99 Å². The Morgan fingerprint density at radius 3 is 2.13 bits per heavy atom. The van der Waals surface area contributed by atoms with E-state index in [1.165, 1.54) is 29.3 Å². The first-order valence-electron chi connectivity index (χ1n) is 9.47. The predicted molar refractivity (Wildman–Crippen MR) is 129 cm³/mol. The summed E-state index contributed by atoms with van der Waals surface area (Å²) < 4.78 is 6.22. The summed E-state index contributed by atoms with van der Waals surface area (Å²) in [6.45, 7) is 14.1. The van der Waals surface area contributed by atoms with Crippen LogP contribution < -0.4 is 0 Å². The number of methoxy groups -OCH3 is 1. The molecule has 0 spiro atoms. The van der Waals surface area contributed by atoms with Crippen LogP contribution in [0.25, 0.3) is 0 Å². The summed E-state index contributed by atoms with van der Waals surface area (Å²) in [5.74, 6) is 0. The van der Waals surface area contributed by atoms with Crippen molar-refractivity contribution in [2.45, 2.75) is 54.1 Å². The Morgan fingerprint density at radius 1 is 1.07 bits per heavy atom. The summed E-state index contributed by atoms with van der Waals surface area (Å²) in [6.07, 6.45) is 5.48. The standard InChI is InChI=1S/C21H25ClN2O.C2H6.CH3.ClH.Re/c1-7-19(23-8-2)21(25-6,17-11-9-10-14(3)15(17)4)18-12-13-24-20(22)16(18)5;1-2;;;/h7-13H,1-6H3;1-2H3;1H3;1H;/q;;-1;;+1/p-1/b19-7-,23-8?;;;;. The van der Waals surface area contributed by atoms with Crippen molar-refractivity contribution in [3.63, 3.8) is 0 Å². The van der Waals surface area contributed by atoms with Gasteiger partial charge >= 0.3 is 27.7 Å². The third kappa shape index (κ3) is 6.49. The van der Waals surface area contributed by atoms with Crippen LogP contribution in [-0.2, 0) is 28.5 Å². The number of aliphatic imine (C=N–C) groups is 1. The number of hydrogen-bond acceptors (Lipinski definition) is 3. The molecule has 0 radical (unpaired) electrons. The minimum absolute atomic E-state index is 0. The summed E-state index contributed by atoms with van der Waals surface area (Å²) in [6, 6.07) is 8.20. The van der Waals surface area contributed by atoms with Gasteiger partial charge in [0.15, 0.2) is 5.60 Å². The molecule has 1 heterocycles. The fourth-order valence-corrected chi connectivity index (χ4v) is 3.44.